The van der Waals surface area contributed by atoms with E-state index in [2.05, 4.69) is 29.8 Å². The number of halogens is 1. The average molecular weight is 217 g/mol. The minimum Gasteiger partial charge on any atom is -0.0885 e. The molecular formula is C10H17Br. The maximum atomic E-state index is 3.84. The van der Waals surface area contributed by atoms with Gasteiger partial charge in [-0.3, -0.25) is 0 Å². The van der Waals surface area contributed by atoms with E-state index in [-0.39, 0.29) is 0 Å². The van der Waals surface area contributed by atoms with Crippen LogP contribution in [0.2, 0.25) is 0 Å². The molecule has 2 bridgehead atoms. The van der Waals surface area contributed by atoms with Gasteiger partial charge in [-0.25, -0.2) is 0 Å². The van der Waals surface area contributed by atoms with Gasteiger partial charge in [0.25, 0.3) is 0 Å². The first-order chi connectivity index (χ1) is 5.20. The Bertz CT molecular complexity index is 135. The molecule has 0 aromatic heterocycles. The molecule has 2 aliphatic rings. The average Bonchev–Trinajstić information content (AvgIpc) is 2.44. The van der Waals surface area contributed by atoms with E-state index in [4.69, 9.17) is 0 Å². The standard InChI is InChI=1S/C10H17Br/c1-6-8-3-4-9(5-8)7(2)10(6)11/h6-10H,3-5H2,1-2H3/t6-,7+,8-,9+,10?. The van der Waals surface area contributed by atoms with Gasteiger partial charge in [-0.15, -0.1) is 0 Å². The highest BCUT2D eigenvalue weighted by Crippen LogP contribution is 2.50. The molecule has 0 spiro atoms. The molecular weight excluding hydrogens is 200 g/mol. The molecule has 0 amide bonds. The van der Waals surface area contributed by atoms with Crippen LogP contribution in [0.5, 0.6) is 0 Å². The second-order valence-electron chi connectivity index (χ2n) is 4.50. The van der Waals surface area contributed by atoms with Crippen LogP contribution in [0.3, 0.4) is 0 Å². The first kappa shape index (κ1) is 8.10. The number of rotatable bonds is 0. The second kappa shape index (κ2) is 2.76. The van der Waals surface area contributed by atoms with Gasteiger partial charge in [-0.05, 0) is 42.9 Å². The molecule has 0 nitrogen and oxygen atoms in total. The monoisotopic (exact) mass is 216 g/mol. The highest BCUT2D eigenvalue weighted by molar-refractivity contribution is 9.09. The third kappa shape index (κ3) is 1.16. The smallest absolute Gasteiger partial charge is 0.0202 e. The SMILES string of the molecule is C[C@@H]1C(Br)[C@H](C)[C@@H]2CC[C@H]1C2. The van der Waals surface area contributed by atoms with Crippen molar-refractivity contribution in [2.75, 3.05) is 0 Å². The highest BCUT2D eigenvalue weighted by atomic mass is 79.9. The molecule has 2 rings (SSSR count). The summed E-state index contributed by atoms with van der Waals surface area (Å²) in [5.74, 6) is 3.92. The highest BCUT2D eigenvalue weighted by Gasteiger charge is 2.42. The van der Waals surface area contributed by atoms with Crippen molar-refractivity contribution in [3.8, 4) is 0 Å². The van der Waals surface area contributed by atoms with Crippen molar-refractivity contribution in [2.45, 2.75) is 37.9 Å². The summed E-state index contributed by atoms with van der Waals surface area (Å²) >= 11 is 3.84. The predicted octanol–water partition coefficient (Wildman–Crippen LogP) is 3.45. The van der Waals surface area contributed by atoms with Gasteiger partial charge in [0.05, 0.1) is 0 Å². The number of hydrogen-bond acceptors (Lipinski definition) is 0. The van der Waals surface area contributed by atoms with Gasteiger partial charge in [-0.1, -0.05) is 29.8 Å². The van der Waals surface area contributed by atoms with Crippen molar-refractivity contribution in [3.63, 3.8) is 0 Å². The lowest BCUT2D eigenvalue weighted by Crippen LogP contribution is -2.32. The van der Waals surface area contributed by atoms with Crippen molar-refractivity contribution in [2.24, 2.45) is 23.7 Å². The Morgan fingerprint density at radius 2 is 1.45 bits per heavy atom. The minimum absolute atomic E-state index is 0.800. The van der Waals surface area contributed by atoms with E-state index >= 15 is 0 Å². The van der Waals surface area contributed by atoms with Gasteiger partial charge in [0.2, 0.25) is 0 Å². The van der Waals surface area contributed by atoms with Gasteiger partial charge >= 0.3 is 0 Å². The molecule has 5 atom stereocenters. The molecule has 0 saturated heterocycles. The van der Waals surface area contributed by atoms with Crippen LogP contribution in [-0.4, -0.2) is 4.83 Å². The Morgan fingerprint density at radius 1 is 1.00 bits per heavy atom. The predicted molar refractivity (Wildman–Crippen MR) is 51.9 cm³/mol. The molecule has 2 aliphatic carbocycles. The van der Waals surface area contributed by atoms with Crippen molar-refractivity contribution >= 4 is 15.9 Å². The van der Waals surface area contributed by atoms with Crippen LogP contribution < -0.4 is 0 Å². The molecule has 0 aliphatic heterocycles. The topological polar surface area (TPSA) is 0 Å². The van der Waals surface area contributed by atoms with Crippen LogP contribution in [0, 0.1) is 23.7 Å². The fourth-order valence-electron chi connectivity index (χ4n) is 3.01. The quantitative estimate of drug-likeness (QED) is 0.545. The number of alkyl halides is 1. The van der Waals surface area contributed by atoms with Crippen LogP contribution in [0.4, 0.5) is 0 Å². The third-order valence-corrected chi connectivity index (χ3v) is 5.67. The zero-order valence-corrected chi connectivity index (χ0v) is 8.97. The number of hydrogen-bond donors (Lipinski definition) is 0. The Morgan fingerprint density at radius 3 is 1.91 bits per heavy atom. The van der Waals surface area contributed by atoms with Crippen LogP contribution in [0.1, 0.15) is 33.1 Å². The third-order valence-electron chi connectivity index (χ3n) is 4.01. The molecule has 0 N–H and O–H groups in total. The van der Waals surface area contributed by atoms with E-state index in [1.165, 1.54) is 19.3 Å². The Kier molecular flexibility index (Phi) is 2.03. The molecule has 2 fully saturated rings. The molecule has 11 heavy (non-hydrogen) atoms. The molecule has 0 heterocycles. The molecule has 0 aromatic carbocycles. The molecule has 0 radical (unpaired) electrons. The Hall–Kier alpha value is 0.480. The van der Waals surface area contributed by atoms with Gasteiger partial charge in [0.1, 0.15) is 0 Å². The summed E-state index contributed by atoms with van der Waals surface area (Å²) in [5.41, 5.74) is 0. The molecule has 2 saturated carbocycles. The van der Waals surface area contributed by atoms with Crippen molar-refractivity contribution in [1.82, 2.24) is 0 Å². The normalized spacial score (nSPS) is 56.5. The first-order valence-electron chi connectivity index (χ1n) is 4.84. The van der Waals surface area contributed by atoms with Crippen LogP contribution in [0.25, 0.3) is 0 Å². The molecule has 1 unspecified atom stereocenters. The second-order valence-corrected chi connectivity index (χ2v) is 5.55. The Labute approximate surface area is 77.9 Å². The first-order valence-corrected chi connectivity index (χ1v) is 5.75. The zero-order chi connectivity index (χ0) is 8.01. The van der Waals surface area contributed by atoms with E-state index < -0.39 is 0 Å². The summed E-state index contributed by atoms with van der Waals surface area (Å²) in [7, 11) is 0. The van der Waals surface area contributed by atoms with E-state index in [1.54, 1.807) is 0 Å². The van der Waals surface area contributed by atoms with Gasteiger partial charge in [0, 0.05) is 4.83 Å². The summed E-state index contributed by atoms with van der Waals surface area (Å²) in [6, 6.07) is 0. The molecule has 0 aromatic rings. The van der Waals surface area contributed by atoms with Gasteiger partial charge in [0.15, 0.2) is 0 Å². The van der Waals surface area contributed by atoms with Crippen molar-refractivity contribution < 1.29 is 0 Å². The van der Waals surface area contributed by atoms with Gasteiger partial charge in [-0.2, -0.15) is 0 Å². The maximum absolute atomic E-state index is 3.84. The molecule has 64 valence electrons. The number of fused-ring (bicyclic) bond motifs is 2. The van der Waals surface area contributed by atoms with E-state index in [1.807, 2.05) is 0 Å². The zero-order valence-electron chi connectivity index (χ0n) is 7.39. The van der Waals surface area contributed by atoms with E-state index in [9.17, 15) is 0 Å². The van der Waals surface area contributed by atoms with Crippen molar-refractivity contribution in [1.29, 1.82) is 0 Å². The summed E-state index contributed by atoms with van der Waals surface area (Å²) in [5, 5.41) is 0. The fraction of sp³-hybridized carbons (Fsp3) is 1.00. The van der Waals surface area contributed by atoms with Crippen LogP contribution in [-0.2, 0) is 0 Å². The lowest BCUT2D eigenvalue weighted by atomic mass is 9.75. The summed E-state index contributed by atoms with van der Waals surface area (Å²) in [6.45, 7) is 4.84. The Balaban J connectivity index is 2.16. The van der Waals surface area contributed by atoms with E-state index in [0.29, 0.717) is 0 Å². The van der Waals surface area contributed by atoms with Crippen LogP contribution in [0.15, 0.2) is 0 Å². The summed E-state index contributed by atoms with van der Waals surface area (Å²) in [6.07, 6.45) is 4.51. The lowest BCUT2D eigenvalue weighted by molar-refractivity contribution is 0.212. The lowest BCUT2D eigenvalue weighted by Gasteiger charge is -2.36. The maximum Gasteiger partial charge on any atom is 0.0202 e. The summed E-state index contributed by atoms with van der Waals surface area (Å²) in [4.78, 5) is 0.800. The minimum atomic E-state index is 0.800. The molecule has 1 heteroatoms. The van der Waals surface area contributed by atoms with E-state index in [0.717, 1.165) is 28.5 Å². The largest absolute Gasteiger partial charge is 0.0885 e. The summed E-state index contributed by atoms with van der Waals surface area (Å²) < 4.78 is 0. The fourth-order valence-corrected chi connectivity index (χ4v) is 3.87. The van der Waals surface area contributed by atoms with Crippen molar-refractivity contribution in [3.05, 3.63) is 0 Å². The van der Waals surface area contributed by atoms with Gasteiger partial charge < -0.3 is 0 Å². The van der Waals surface area contributed by atoms with Crippen LogP contribution >= 0.6 is 15.9 Å².